The fraction of sp³-hybridized carbons (Fsp3) is 0.875. The van der Waals surface area contributed by atoms with Crippen LogP contribution in [0.15, 0.2) is 0 Å². The highest BCUT2D eigenvalue weighted by Crippen LogP contribution is 2.26. The Bertz CT molecular complexity index is 147. The van der Waals surface area contributed by atoms with Gasteiger partial charge in [0.05, 0.1) is 6.10 Å². The van der Waals surface area contributed by atoms with E-state index in [1.54, 1.807) is 0 Å². The van der Waals surface area contributed by atoms with Crippen LogP contribution in [-0.2, 0) is 9.53 Å². The third-order valence-corrected chi connectivity index (χ3v) is 2.37. The van der Waals surface area contributed by atoms with Gasteiger partial charge >= 0.3 is 0 Å². The highest BCUT2D eigenvalue weighted by atomic mass is 32.1. The SMILES string of the molecule is CCC1OCCC1CC(=O)S. The number of ether oxygens (including phenoxy) is 1. The van der Waals surface area contributed by atoms with E-state index in [2.05, 4.69) is 19.6 Å². The zero-order valence-corrected chi connectivity index (χ0v) is 7.64. The summed E-state index contributed by atoms with van der Waals surface area (Å²) < 4.78 is 5.43. The first-order valence-electron chi connectivity index (χ1n) is 4.07. The Morgan fingerprint density at radius 3 is 3.00 bits per heavy atom. The number of hydrogen-bond acceptors (Lipinski definition) is 2. The lowest BCUT2D eigenvalue weighted by molar-refractivity contribution is -0.112. The molecule has 0 spiro atoms. The molecule has 0 aromatic rings. The Hall–Kier alpha value is -0.0200. The second kappa shape index (κ2) is 4.12. The third kappa shape index (κ3) is 2.49. The Morgan fingerprint density at radius 2 is 2.45 bits per heavy atom. The zero-order valence-electron chi connectivity index (χ0n) is 6.75. The molecule has 2 atom stereocenters. The van der Waals surface area contributed by atoms with E-state index in [9.17, 15) is 4.79 Å². The molecule has 0 N–H and O–H groups in total. The van der Waals surface area contributed by atoms with Crippen molar-refractivity contribution in [2.24, 2.45) is 5.92 Å². The molecule has 2 unspecified atom stereocenters. The maximum atomic E-state index is 10.7. The van der Waals surface area contributed by atoms with Gasteiger partial charge < -0.3 is 4.74 Å². The average Bonchev–Trinajstić information content (AvgIpc) is 2.34. The lowest BCUT2D eigenvalue weighted by atomic mass is 9.97. The van der Waals surface area contributed by atoms with Gasteiger partial charge in [0.2, 0.25) is 0 Å². The first-order chi connectivity index (χ1) is 5.24. The largest absolute Gasteiger partial charge is 0.378 e. The molecule has 1 aliphatic rings. The minimum absolute atomic E-state index is 0.0149. The lowest BCUT2D eigenvalue weighted by Gasteiger charge is -2.13. The van der Waals surface area contributed by atoms with E-state index in [-0.39, 0.29) is 5.12 Å². The van der Waals surface area contributed by atoms with Crippen LogP contribution in [0.2, 0.25) is 0 Å². The summed E-state index contributed by atoms with van der Waals surface area (Å²) in [6.45, 7) is 2.90. The summed E-state index contributed by atoms with van der Waals surface area (Å²) in [7, 11) is 0. The monoisotopic (exact) mass is 174 g/mol. The van der Waals surface area contributed by atoms with Crippen LogP contribution < -0.4 is 0 Å². The van der Waals surface area contributed by atoms with Crippen LogP contribution in [-0.4, -0.2) is 17.8 Å². The molecule has 0 aliphatic carbocycles. The summed E-state index contributed by atoms with van der Waals surface area (Å²) in [6.07, 6.45) is 2.89. The molecule has 0 saturated carbocycles. The predicted octanol–water partition coefficient (Wildman–Crippen LogP) is 1.65. The minimum atomic E-state index is -0.0149. The van der Waals surface area contributed by atoms with Gasteiger partial charge in [0.1, 0.15) is 0 Å². The molecule has 1 fully saturated rings. The molecular weight excluding hydrogens is 160 g/mol. The molecule has 0 aromatic carbocycles. The van der Waals surface area contributed by atoms with Crippen molar-refractivity contribution in [3.63, 3.8) is 0 Å². The van der Waals surface area contributed by atoms with Gasteiger partial charge in [-0.1, -0.05) is 6.92 Å². The molecule has 1 heterocycles. The molecule has 0 amide bonds. The van der Waals surface area contributed by atoms with Gasteiger partial charge in [-0.25, -0.2) is 0 Å². The van der Waals surface area contributed by atoms with Crippen LogP contribution in [0.1, 0.15) is 26.2 Å². The van der Waals surface area contributed by atoms with Crippen molar-refractivity contribution in [1.29, 1.82) is 0 Å². The number of thiol groups is 1. The minimum Gasteiger partial charge on any atom is -0.378 e. The number of carbonyl (C=O) groups excluding carboxylic acids is 1. The van der Waals surface area contributed by atoms with Gasteiger partial charge in [-0.2, -0.15) is 0 Å². The standard InChI is InChI=1S/C8H14O2S/c1-2-7-6(3-4-10-7)5-8(9)11/h6-7H,2-5H2,1H3,(H,9,11). The Balaban J connectivity index is 2.37. The van der Waals surface area contributed by atoms with Crippen molar-refractivity contribution >= 4 is 17.7 Å². The van der Waals surface area contributed by atoms with Gasteiger partial charge in [0.15, 0.2) is 5.12 Å². The fourth-order valence-electron chi connectivity index (χ4n) is 1.60. The first-order valence-corrected chi connectivity index (χ1v) is 4.52. The van der Waals surface area contributed by atoms with E-state index in [0.29, 0.717) is 18.4 Å². The zero-order chi connectivity index (χ0) is 8.27. The van der Waals surface area contributed by atoms with E-state index < -0.39 is 0 Å². The smallest absolute Gasteiger partial charge is 0.186 e. The van der Waals surface area contributed by atoms with Crippen LogP contribution in [0.25, 0.3) is 0 Å². The van der Waals surface area contributed by atoms with E-state index in [0.717, 1.165) is 19.4 Å². The van der Waals surface area contributed by atoms with Crippen molar-refractivity contribution in [3.05, 3.63) is 0 Å². The molecule has 64 valence electrons. The van der Waals surface area contributed by atoms with E-state index in [4.69, 9.17) is 4.74 Å². The maximum absolute atomic E-state index is 10.7. The van der Waals surface area contributed by atoms with E-state index >= 15 is 0 Å². The summed E-state index contributed by atoms with van der Waals surface area (Å²) >= 11 is 3.76. The van der Waals surface area contributed by atoms with E-state index in [1.165, 1.54) is 0 Å². The van der Waals surface area contributed by atoms with Gasteiger partial charge in [0.25, 0.3) is 0 Å². The van der Waals surface area contributed by atoms with Crippen LogP contribution >= 0.6 is 12.6 Å². The normalized spacial score (nSPS) is 30.7. The van der Waals surface area contributed by atoms with E-state index in [1.807, 2.05) is 0 Å². The van der Waals surface area contributed by atoms with Crippen LogP contribution in [0.5, 0.6) is 0 Å². The summed E-state index contributed by atoms with van der Waals surface area (Å²) in [5.74, 6) is 0.421. The summed E-state index contributed by atoms with van der Waals surface area (Å²) in [4.78, 5) is 10.7. The summed E-state index contributed by atoms with van der Waals surface area (Å²) in [5, 5.41) is -0.0149. The second-order valence-electron chi connectivity index (χ2n) is 2.96. The highest BCUT2D eigenvalue weighted by Gasteiger charge is 2.27. The van der Waals surface area contributed by atoms with Crippen molar-refractivity contribution in [2.75, 3.05) is 6.61 Å². The average molecular weight is 174 g/mol. The fourth-order valence-corrected chi connectivity index (χ4v) is 1.84. The lowest BCUT2D eigenvalue weighted by Crippen LogP contribution is -2.16. The molecule has 11 heavy (non-hydrogen) atoms. The molecule has 3 heteroatoms. The van der Waals surface area contributed by atoms with Crippen molar-refractivity contribution in [1.82, 2.24) is 0 Å². The van der Waals surface area contributed by atoms with Crippen LogP contribution in [0, 0.1) is 5.92 Å². The Labute approximate surface area is 72.7 Å². The molecular formula is C8H14O2S. The second-order valence-corrected chi connectivity index (χ2v) is 3.46. The van der Waals surface area contributed by atoms with Crippen molar-refractivity contribution < 1.29 is 9.53 Å². The maximum Gasteiger partial charge on any atom is 0.186 e. The molecule has 1 saturated heterocycles. The first kappa shape index (κ1) is 9.07. The predicted molar refractivity (Wildman–Crippen MR) is 46.7 cm³/mol. The Morgan fingerprint density at radius 1 is 1.73 bits per heavy atom. The Kier molecular flexibility index (Phi) is 3.40. The molecule has 0 radical (unpaired) electrons. The van der Waals surface area contributed by atoms with Crippen molar-refractivity contribution in [2.45, 2.75) is 32.3 Å². The summed E-state index contributed by atoms with van der Waals surface area (Å²) in [6, 6.07) is 0. The molecule has 0 aromatic heterocycles. The highest BCUT2D eigenvalue weighted by molar-refractivity contribution is 7.96. The third-order valence-electron chi connectivity index (χ3n) is 2.19. The van der Waals surface area contributed by atoms with Gasteiger partial charge in [-0.05, 0) is 18.8 Å². The van der Waals surface area contributed by atoms with Crippen LogP contribution in [0.4, 0.5) is 0 Å². The summed E-state index contributed by atoms with van der Waals surface area (Å²) in [5.41, 5.74) is 0. The van der Waals surface area contributed by atoms with Gasteiger partial charge in [0, 0.05) is 13.0 Å². The van der Waals surface area contributed by atoms with Gasteiger partial charge in [-0.3, -0.25) is 4.79 Å². The number of carbonyl (C=O) groups is 1. The molecule has 1 aliphatic heterocycles. The number of rotatable bonds is 3. The van der Waals surface area contributed by atoms with Crippen LogP contribution in [0.3, 0.4) is 0 Å². The molecule has 2 nitrogen and oxygen atoms in total. The quantitative estimate of drug-likeness (QED) is 0.658. The topological polar surface area (TPSA) is 26.3 Å². The molecule has 1 rings (SSSR count). The number of hydrogen-bond donors (Lipinski definition) is 1. The molecule has 0 bridgehead atoms. The van der Waals surface area contributed by atoms with Gasteiger partial charge in [-0.15, -0.1) is 12.6 Å². The van der Waals surface area contributed by atoms with Crippen molar-refractivity contribution in [3.8, 4) is 0 Å².